The van der Waals surface area contributed by atoms with Crippen LogP contribution in [-0.4, -0.2) is 33.4 Å². The van der Waals surface area contributed by atoms with Crippen LogP contribution in [0.1, 0.15) is 12.8 Å². The van der Waals surface area contributed by atoms with E-state index in [9.17, 15) is 14.0 Å². The zero-order chi connectivity index (χ0) is 22.1. The Balaban J connectivity index is 1.85. The Bertz CT molecular complexity index is 1220. The van der Waals surface area contributed by atoms with Crippen LogP contribution in [-0.2, 0) is 0 Å². The average molecular weight is 428 g/mol. The fourth-order valence-electron chi connectivity index (χ4n) is 3.33. The molecule has 31 heavy (non-hydrogen) atoms. The molecule has 1 aromatic heterocycles. The zero-order valence-corrected chi connectivity index (χ0v) is 17.2. The van der Waals surface area contributed by atoms with Crippen LogP contribution in [0.25, 0.3) is 22.3 Å². The number of amides is 2. The van der Waals surface area contributed by atoms with Gasteiger partial charge in [-0.1, -0.05) is 0 Å². The van der Waals surface area contributed by atoms with Gasteiger partial charge in [-0.2, -0.15) is 0 Å². The molecule has 2 N–H and O–H groups in total. The molecule has 162 valence electrons. The molecule has 1 saturated carbocycles. The monoisotopic (exact) mass is 428 g/mol. The van der Waals surface area contributed by atoms with Crippen LogP contribution in [0.3, 0.4) is 0 Å². The summed E-state index contributed by atoms with van der Waals surface area (Å²) in [6.45, 7) is 0. The number of nitrogens with one attached hydrogen (secondary N) is 2. The van der Waals surface area contributed by atoms with Crippen LogP contribution in [0.2, 0.25) is 0 Å². The van der Waals surface area contributed by atoms with E-state index < -0.39 is 17.3 Å². The predicted octanol–water partition coefficient (Wildman–Crippen LogP) is 3.91. The summed E-state index contributed by atoms with van der Waals surface area (Å²) in [5.74, 6) is 0.362. The summed E-state index contributed by atoms with van der Waals surface area (Å²) >= 11 is 0. The minimum atomic E-state index is -0.540. The highest BCUT2D eigenvalue weighted by molar-refractivity contribution is 5.95. The normalized spacial score (nSPS) is 13.0. The summed E-state index contributed by atoms with van der Waals surface area (Å²) in [7, 11) is 4.29. The summed E-state index contributed by atoms with van der Waals surface area (Å²) in [6.07, 6.45) is 1.83. The van der Waals surface area contributed by atoms with Gasteiger partial charge in [0.25, 0.3) is 0 Å². The average Bonchev–Trinajstić information content (AvgIpc) is 3.55. The fourth-order valence-corrected chi connectivity index (χ4v) is 3.33. The largest absolute Gasteiger partial charge is 0.493 e. The third-order valence-corrected chi connectivity index (χ3v) is 4.93. The number of halogens is 1. The van der Waals surface area contributed by atoms with Crippen molar-refractivity contribution in [2.45, 2.75) is 18.9 Å². The molecule has 2 amide bonds. The van der Waals surface area contributed by atoms with Gasteiger partial charge in [0.2, 0.25) is 5.75 Å². The quantitative estimate of drug-likeness (QED) is 0.618. The molecule has 0 spiro atoms. The minimum absolute atomic E-state index is 0.130. The highest BCUT2D eigenvalue weighted by Crippen LogP contribution is 2.43. The van der Waals surface area contributed by atoms with Crippen LogP contribution in [0.4, 0.5) is 14.9 Å². The number of hydrogen-bond donors (Lipinski definition) is 2. The molecule has 3 aromatic rings. The predicted molar refractivity (Wildman–Crippen MR) is 113 cm³/mol. The molecule has 0 bridgehead atoms. The maximum absolute atomic E-state index is 13.9. The van der Waals surface area contributed by atoms with E-state index in [4.69, 9.17) is 18.6 Å². The molecule has 9 heteroatoms. The van der Waals surface area contributed by atoms with Crippen molar-refractivity contribution in [1.29, 1.82) is 0 Å². The van der Waals surface area contributed by atoms with E-state index in [1.165, 1.54) is 51.7 Å². The molecule has 0 aliphatic heterocycles. The third-order valence-electron chi connectivity index (χ3n) is 4.93. The smallest absolute Gasteiger partial charge is 0.319 e. The van der Waals surface area contributed by atoms with Crippen molar-refractivity contribution in [3.63, 3.8) is 0 Å². The molecular weight excluding hydrogens is 407 g/mol. The SMILES string of the molecule is COc1cc2oc(-c3ccc(F)cc3NC(=O)NC3CC3)cc(=O)c2c(OC)c1OC. The van der Waals surface area contributed by atoms with Gasteiger partial charge in [0, 0.05) is 23.7 Å². The highest BCUT2D eigenvalue weighted by Gasteiger charge is 2.24. The molecule has 0 atom stereocenters. The van der Waals surface area contributed by atoms with Crippen molar-refractivity contribution in [2.24, 2.45) is 0 Å². The molecule has 0 saturated heterocycles. The van der Waals surface area contributed by atoms with E-state index in [0.717, 1.165) is 12.8 Å². The second kappa shape index (κ2) is 8.17. The van der Waals surface area contributed by atoms with Crippen molar-refractivity contribution in [1.82, 2.24) is 5.32 Å². The molecular formula is C22H21FN2O6. The Morgan fingerprint density at radius 1 is 1.06 bits per heavy atom. The van der Waals surface area contributed by atoms with Gasteiger partial charge < -0.3 is 29.3 Å². The first kappa shape index (κ1) is 20.5. The number of hydrogen-bond acceptors (Lipinski definition) is 6. The van der Waals surface area contributed by atoms with Gasteiger partial charge in [-0.15, -0.1) is 0 Å². The molecule has 2 aromatic carbocycles. The minimum Gasteiger partial charge on any atom is -0.493 e. The van der Waals surface area contributed by atoms with E-state index in [1.54, 1.807) is 0 Å². The zero-order valence-electron chi connectivity index (χ0n) is 17.2. The van der Waals surface area contributed by atoms with Crippen LogP contribution in [0, 0.1) is 5.82 Å². The lowest BCUT2D eigenvalue weighted by atomic mass is 10.1. The van der Waals surface area contributed by atoms with Crippen molar-refractivity contribution in [3.8, 4) is 28.6 Å². The van der Waals surface area contributed by atoms with Gasteiger partial charge in [0.1, 0.15) is 22.5 Å². The van der Waals surface area contributed by atoms with Crippen molar-refractivity contribution in [3.05, 3.63) is 46.4 Å². The van der Waals surface area contributed by atoms with Crippen LogP contribution in [0.5, 0.6) is 17.2 Å². The second-order valence-electron chi connectivity index (χ2n) is 7.06. The van der Waals surface area contributed by atoms with Gasteiger partial charge in [-0.3, -0.25) is 4.79 Å². The Kier molecular flexibility index (Phi) is 5.41. The number of carbonyl (C=O) groups is 1. The number of carbonyl (C=O) groups excluding carboxylic acids is 1. The maximum atomic E-state index is 13.9. The van der Waals surface area contributed by atoms with Crippen molar-refractivity contribution >= 4 is 22.7 Å². The summed E-state index contributed by atoms with van der Waals surface area (Å²) in [4.78, 5) is 25.2. The van der Waals surface area contributed by atoms with Crippen molar-refractivity contribution < 1.29 is 27.8 Å². The maximum Gasteiger partial charge on any atom is 0.319 e. The Hall–Kier alpha value is -3.75. The van der Waals surface area contributed by atoms with Crippen LogP contribution < -0.4 is 30.3 Å². The summed E-state index contributed by atoms with van der Waals surface area (Å²) in [5.41, 5.74) is 0.314. The molecule has 1 aliphatic rings. The summed E-state index contributed by atoms with van der Waals surface area (Å²) in [5, 5.41) is 5.58. The Morgan fingerprint density at radius 3 is 2.45 bits per heavy atom. The number of fused-ring (bicyclic) bond motifs is 1. The van der Waals surface area contributed by atoms with E-state index in [0.29, 0.717) is 11.3 Å². The van der Waals surface area contributed by atoms with E-state index in [2.05, 4.69) is 10.6 Å². The standard InChI is InChI=1S/C22H21FN2O6/c1-28-18-10-17-19(21(30-3)20(18)29-2)15(26)9-16(31-17)13-7-4-11(23)8-14(13)25-22(27)24-12-5-6-12/h4,7-10,12H,5-6H2,1-3H3,(H2,24,25,27). The first-order valence-electron chi connectivity index (χ1n) is 9.59. The van der Waals surface area contributed by atoms with E-state index in [1.807, 2.05) is 0 Å². The lowest BCUT2D eigenvalue weighted by Crippen LogP contribution is -2.30. The van der Waals surface area contributed by atoms with Gasteiger partial charge in [0.15, 0.2) is 16.9 Å². The lowest BCUT2D eigenvalue weighted by Gasteiger charge is -2.15. The van der Waals surface area contributed by atoms with Gasteiger partial charge >= 0.3 is 6.03 Å². The van der Waals surface area contributed by atoms with Crippen LogP contribution >= 0.6 is 0 Å². The molecule has 4 rings (SSSR count). The molecule has 0 radical (unpaired) electrons. The fraction of sp³-hybridized carbons (Fsp3) is 0.273. The van der Waals surface area contributed by atoms with Crippen molar-refractivity contribution in [2.75, 3.05) is 26.6 Å². The number of benzene rings is 2. The molecule has 0 unspecified atom stereocenters. The van der Waals surface area contributed by atoms with Crippen LogP contribution in [0.15, 0.2) is 39.5 Å². The molecule has 1 heterocycles. The molecule has 1 aliphatic carbocycles. The first-order chi connectivity index (χ1) is 14.9. The topological polar surface area (TPSA) is 99.0 Å². The first-order valence-corrected chi connectivity index (χ1v) is 9.59. The molecule has 8 nitrogen and oxygen atoms in total. The highest BCUT2D eigenvalue weighted by atomic mass is 19.1. The van der Waals surface area contributed by atoms with Gasteiger partial charge in [-0.05, 0) is 31.0 Å². The number of ether oxygens (including phenoxy) is 3. The molecule has 1 fully saturated rings. The third kappa shape index (κ3) is 3.98. The number of methoxy groups -OCH3 is 3. The number of urea groups is 1. The van der Waals surface area contributed by atoms with Gasteiger partial charge in [-0.25, -0.2) is 9.18 Å². The number of anilines is 1. The lowest BCUT2D eigenvalue weighted by molar-refractivity contribution is 0.251. The van der Waals surface area contributed by atoms with E-state index in [-0.39, 0.29) is 40.0 Å². The van der Waals surface area contributed by atoms with Gasteiger partial charge in [0.05, 0.1) is 27.0 Å². The Morgan fingerprint density at radius 2 is 1.81 bits per heavy atom. The second-order valence-corrected chi connectivity index (χ2v) is 7.06. The summed E-state index contributed by atoms with van der Waals surface area (Å²) in [6, 6.07) is 6.27. The van der Waals surface area contributed by atoms with E-state index >= 15 is 0 Å². The summed E-state index contributed by atoms with van der Waals surface area (Å²) < 4.78 is 35.9. The Labute approximate surface area is 176 Å². The number of rotatable bonds is 6.